The Hall–Kier alpha value is -1.26. The van der Waals surface area contributed by atoms with Crippen LogP contribution in [-0.2, 0) is 4.79 Å². The summed E-state index contributed by atoms with van der Waals surface area (Å²) >= 11 is 0. The maximum absolute atomic E-state index is 11.5. The Kier molecular flexibility index (Phi) is 5.25. The summed E-state index contributed by atoms with van der Waals surface area (Å²) in [6.45, 7) is 4.81. The Balaban J connectivity index is 2.02. The Morgan fingerprint density at radius 1 is 1.47 bits per heavy atom. The average Bonchev–Trinajstić information content (AvgIpc) is 2.91. The summed E-state index contributed by atoms with van der Waals surface area (Å²) in [7, 11) is 0. The van der Waals surface area contributed by atoms with Gasteiger partial charge in [0.25, 0.3) is 0 Å². The van der Waals surface area contributed by atoms with Crippen molar-refractivity contribution in [2.24, 2.45) is 11.8 Å². The Morgan fingerprint density at radius 3 is 2.65 bits per heavy atom. The Bertz CT molecular complexity index is 281. The number of hydrogen-bond donors (Lipinski definition) is 3. The van der Waals surface area contributed by atoms with E-state index >= 15 is 0 Å². The maximum atomic E-state index is 11.5. The van der Waals surface area contributed by atoms with E-state index < -0.39 is 5.97 Å². The van der Waals surface area contributed by atoms with Crippen LogP contribution in [0.5, 0.6) is 0 Å². The minimum absolute atomic E-state index is 0.0194. The summed E-state index contributed by atoms with van der Waals surface area (Å²) in [5, 5.41) is 14.1. The number of nitrogens with one attached hydrogen (secondary N) is 2. The van der Waals surface area contributed by atoms with Gasteiger partial charge in [0.1, 0.15) is 0 Å². The number of hydrogen-bond acceptors (Lipinski definition) is 2. The highest BCUT2D eigenvalue weighted by Crippen LogP contribution is 2.36. The number of urea groups is 1. The standard InChI is InChI=1S/C12H22N2O3/c1-8-6-10(8)7-13-12(17)14-9(2)4-3-5-11(15)16/h8-10H,3-7H2,1-2H3,(H,15,16)(H2,13,14,17). The highest BCUT2D eigenvalue weighted by Gasteiger charge is 2.32. The molecule has 2 amide bonds. The molecule has 1 aliphatic rings. The normalized spacial score (nSPS) is 23.9. The first-order valence-electron chi connectivity index (χ1n) is 6.25. The van der Waals surface area contributed by atoms with Crippen LogP contribution < -0.4 is 10.6 Å². The van der Waals surface area contributed by atoms with Gasteiger partial charge in [0.05, 0.1) is 0 Å². The van der Waals surface area contributed by atoms with Gasteiger partial charge in [-0.3, -0.25) is 4.79 Å². The van der Waals surface area contributed by atoms with Gasteiger partial charge in [-0.2, -0.15) is 0 Å². The van der Waals surface area contributed by atoms with Gasteiger partial charge in [0.15, 0.2) is 0 Å². The molecule has 1 rings (SSSR count). The quantitative estimate of drug-likeness (QED) is 0.634. The number of rotatable bonds is 7. The predicted octanol–water partition coefficient (Wildman–Crippen LogP) is 1.58. The summed E-state index contributed by atoms with van der Waals surface area (Å²) in [6, 6.07) is -0.127. The number of carboxylic acids is 1. The first kappa shape index (κ1) is 13.8. The summed E-state index contributed by atoms with van der Waals surface area (Å²) < 4.78 is 0. The zero-order chi connectivity index (χ0) is 12.8. The Labute approximate surface area is 102 Å². The second-order valence-electron chi connectivity index (χ2n) is 5.01. The molecule has 0 aromatic heterocycles. The van der Waals surface area contributed by atoms with Crippen molar-refractivity contribution in [3.05, 3.63) is 0 Å². The van der Waals surface area contributed by atoms with Crippen molar-refractivity contribution in [2.75, 3.05) is 6.54 Å². The van der Waals surface area contributed by atoms with Gasteiger partial charge >= 0.3 is 12.0 Å². The lowest BCUT2D eigenvalue weighted by Gasteiger charge is -2.14. The fraction of sp³-hybridized carbons (Fsp3) is 0.833. The predicted molar refractivity (Wildman–Crippen MR) is 64.8 cm³/mol. The van der Waals surface area contributed by atoms with Crippen molar-refractivity contribution in [3.63, 3.8) is 0 Å². The van der Waals surface area contributed by atoms with E-state index in [1.165, 1.54) is 6.42 Å². The zero-order valence-corrected chi connectivity index (χ0v) is 10.5. The molecule has 1 saturated carbocycles. The van der Waals surface area contributed by atoms with E-state index in [2.05, 4.69) is 17.6 Å². The number of carboxylic acid groups (broad SMARTS) is 1. The first-order chi connectivity index (χ1) is 7.99. The van der Waals surface area contributed by atoms with Crippen LogP contribution in [0.15, 0.2) is 0 Å². The second-order valence-corrected chi connectivity index (χ2v) is 5.01. The molecular formula is C12H22N2O3. The van der Waals surface area contributed by atoms with Crippen molar-refractivity contribution in [2.45, 2.75) is 45.6 Å². The van der Waals surface area contributed by atoms with E-state index in [0.717, 1.165) is 12.5 Å². The van der Waals surface area contributed by atoms with Crippen molar-refractivity contribution < 1.29 is 14.7 Å². The maximum Gasteiger partial charge on any atom is 0.315 e. The SMILES string of the molecule is CC(CCCC(=O)O)NC(=O)NCC1CC1C. The topological polar surface area (TPSA) is 78.4 Å². The van der Waals surface area contributed by atoms with E-state index in [-0.39, 0.29) is 18.5 Å². The van der Waals surface area contributed by atoms with Crippen molar-refractivity contribution in [1.29, 1.82) is 0 Å². The van der Waals surface area contributed by atoms with E-state index in [9.17, 15) is 9.59 Å². The molecular weight excluding hydrogens is 220 g/mol. The van der Waals surface area contributed by atoms with Crippen LogP contribution in [0.2, 0.25) is 0 Å². The lowest BCUT2D eigenvalue weighted by molar-refractivity contribution is -0.137. The third-order valence-corrected chi connectivity index (χ3v) is 3.21. The number of aliphatic carboxylic acids is 1. The molecule has 0 heterocycles. The van der Waals surface area contributed by atoms with Gasteiger partial charge in [-0.1, -0.05) is 6.92 Å². The van der Waals surface area contributed by atoms with Crippen LogP contribution in [0.3, 0.4) is 0 Å². The Morgan fingerprint density at radius 2 is 2.12 bits per heavy atom. The fourth-order valence-corrected chi connectivity index (χ4v) is 1.81. The molecule has 0 aromatic carbocycles. The van der Waals surface area contributed by atoms with Crippen molar-refractivity contribution in [1.82, 2.24) is 10.6 Å². The summed E-state index contributed by atoms with van der Waals surface area (Å²) in [5.74, 6) is 0.593. The molecule has 1 aliphatic carbocycles. The highest BCUT2D eigenvalue weighted by atomic mass is 16.4. The third kappa shape index (κ3) is 6.14. The zero-order valence-electron chi connectivity index (χ0n) is 10.5. The largest absolute Gasteiger partial charge is 0.481 e. The monoisotopic (exact) mass is 242 g/mol. The summed E-state index contributed by atoms with van der Waals surface area (Å²) in [5.41, 5.74) is 0. The van der Waals surface area contributed by atoms with Crippen LogP contribution >= 0.6 is 0 Å². The van der Waals surface area contributed by atoms with Gasteiger partial charge in [-0.25, -0.2) is 4.79 Å². The summed E-state index contributed by atoms with van der Waals surface area (Å²) in [4.78, 5) is 21.8. The second kappa shape index (κ2) is 6.47. The van der Waals surface area contributed by atoms with Gasteiger partial charge < -0.3 is 15.7 Å². The molecule has 0 bridgehead atoms. The molecule has 3 N–H and O–H groups in total. The molecule has 0 saturated heterocycles. The van der Waals surface area contributed by atoms with E-state index in [1.54, 1.807) is 0 Å². The van der Waals surface area contributed by atoms with Gasteiger partial charge in [0, 0.05) is 19.0 Å². The molecule has 3 atom stereocenters. The summed E-state index contributed by atoms with van der Waals surface area (Å²) in [6.07, 6.45) is 2.65. The lowest BCUT2D eigenvalue weighted by Crippen LogP contribution is -2.41. The minimum Gasteiger partial charge on any atom is -0.481 e. The van der Waals surface area contributed by atoms with Crippen LogP contribution in [0.1, 0.15) is 39.5 Å². The van der Waals surface area contributed by atoms with Gasteiger partial charge in [-0.15, -0.1) is 0 Å². The highest BCUT2D eigenvalue weighted by molar-refractivity contribution is 5.74. The number of carbonyl (C=O) groups excluding carboxylic acids is 1. The molecule has 0 radical (unpaired) electrons. The molecule has 1 fully saturated rings. The molecule has 17 heavy (non-hydrogen) atoms. The fourth-order valence-electron chi connectivity index (χ4n) is 1.81. The molecule has 5 heteroatoms. The average molecular weight is 242 g/mol. The lowest BCUT2D eigenvalue weighted by atomic mass is 10.1. The molecule has 5 nitrogen and oxygen atoms in total. The molecule has 0 aromatic rings. The number of carbonyl (C=O) groups is 2. The van der Waals surface area contributed by atoms with Crippen LogP contribution in [0.25, 0.3) is 0 Å². The van der Waals surface area contributed by atoms with E-state index in [1.807, 2.05) is 6.92 Å². The van der Waals surface area contributed by atoms with E-state index in [4.69, 9.17) is 5.11 Å². The van der Waals surface area contributed by atoms with Crippen LogP contribution in [0.4, 0.5) is 4.79 Å². The van der Waals surface area contributed by atoms with Crippen LogP contribution in [-0.4, -0.2) is 29.7 Å². The molecule has 98 valence electrons. The van der Waals surface area contributed by atoms with Crippen LogP contribution in [0, 0.1) is 11.8 Å². The van der Waals surface area contributed by atoms with Gasteiger partial charge in [-0.05, 0) is 38.0 Å². The molecule has 3 unspecified atom stereocenters. The van der Waals surface area contributed by atoms with Crippen molar-refractivity contribution >= 4 is 12.0 Å². The third-order valence-electron chi connectivity index (χ3n) is 3.21. The van der Waals surface area contributed by atoms with Crippen molar-refractivity contribution in [3.8, 4) is 0 Å². The molecule has 0 spiro atoms. The molecule has 0 aliphatic heterocycles. The first-order valence-corrected chi connectivity index (χ1v) is 6.25. The van der Waals surface area contributed by atoms with E-state index in [0.29, 0.717) is 18.8 Å². The number of amides is 2. The minimum atomic E-state index is -0.788. The smallest absolute Gasteiger partial charge is 0.315 e. The van der Waals surface area contributed by atoms with Gasteiger partial charge in [0.2, 0.25) is 0 Å².